The minimum Gasteiger partial charge on any atom is -0.309 e. The lowest BCUT2D eigenvalue weighted by Crippen LogP contribution is -2.03. The third-order valence-electron chi connectivity index (χ3n) is 10.7. The molecule has 0 unspecified atom stereocenters. The Bertz CT molecular complexity index is 3300. The molecule has 3 heterocycles. The molecule has 0 aliphatic rings. The fourth-order valence-corrected chi connectivity index (χ4v) is 9.46. The van der Waals surface area contributed by atoms with Gasteiger partial charge in [-0.1, -0.05) is 109 Å². The van der Waals surface area contributed by atoms with Crippen molar-refractivity contribution in [2.24, 2.45) is 0 Å². The lowest BCUT2D eigenvalue weighted by molar-refractivity contribution is 1.18. The Labute approximate surface area is 308 Å². The van der Waals surface area contributed by atoms with Crippen LogP contribution in [0.15, 0.2) is 187 Å². The minimum atomic E-state index is 0.0716. The minimum absolute atomic E-state index is 0.0716. The van der Waals surface area contributed by atoms with Gasteiger partial charge < -0.3 is 9.13 Å². The maximum Gasteiger partial charge on any atom is 0.196 e. The van der Waals surface area contributed by atoms with Gasteiger partial charge in [-0.05, 0) is 95.1 Å². The zero-order chi connectivity index (χ0) is 35.0. The van der Waals surface area contributed by atoms with Crippen LogP contribution in [0.1, 0.15) is 0 Å². The van der Waals surface area contributed by atoms with Crippen LogP contribution in [0.5, 0.6) is 0 Å². The molecular weight excluding hydrogens is 665 g/mol. The first-order valence-corrected chi connectivity index (χ1v) is 18.7. The lowest BCUT2D eigenvalue weighted by atomic mass is 9.98. The van der Waals surface area contributed by atoms with Crippen LogP contribution in [0, 0.1) is 0 Å². The van der Waals surface area contributed by atoms with E-state index in [4.69, 9.17) is 0 Å². The van der Waals surface area contributed by atoms with Crippen LogP contribution in [-0.4, -0.2) is 9.13 Å². The Morgan fingerprint density at radius 1 is 0.358 bits per heavy atom. The maximum atomic E-state index is 14.5. The zero-order valence-corrected chi connectivity index (χ0v) is 29.3. The topological polar surface area (TPSA) is 26.9 Å². The number of para-hydroxylation sites is 4. The van der Waals surface area contributed by atoms with Crippen molar-refractivity contribution in [1.29, 1.82) is 0 Å². The Morgan fingerprint density at radius 3 is 1.62 bits per heavy atom. The monoisotopic (exact) mass is 694 g/mol. The molecule has 0 bridgehead atoms. The smallest absolute Gasteiger partial charge is 0.196 e. The Balaban J connectivity index is 1.06. The van der Waals surface area contributed by atoms with Crippen LogP contribution < -0.4 is 5.43 Å². The second kappa shape index (κ2) is 11.6. The highest BCUT2D eigenvalue weighted by molar-refractivity contribution is 7.24. The highest BCUT2D eigenvalue weighted by atomic mass is 32.1. The summed E-state index contributed by atoms with van der Waals surface area (Å²) in [5.41, 5.74) is 11.2. The molecule has 0 saturated carbocycles. The molecule has 3 nitrogen and oxygen atoms in total. The quantitative estimate of drug-likeness (QED) is 0.169. The van der Waals surface area contributed by atoms with E-state index in [1.54, 1.807) is 11.3 Å². The summed E-state index contributed by atoms with van der Waals surface area (Å²) in [6.45, 7) is 0. The molecule has 0 fully saturated rings. The van der Waals surface area contributed by atoms with Crippen LogP contribution >= 0.6 is 11.3 Å². The van der Waals surface area contributed by atoms with E-state index >= 15 is 0 Å². The van der Waals surface area contributed by atoms with Gasteiger partial charge in [-0.25, -0.2) is 0 Å². The SMILES string of the molecule is O=c1c2ccc(-c3ccc4c5ccccc5n(-c5ccccc5)c4c3)cc2sc2cccc(-c3ccc4c(c3)c3ccccc3n4-c3ccccc3)c12. The first-order chi connectivity index (χ1) is 26.2. The van der Waals surface area contributed by atoms with Crippen molar-refractivity contribution in [1.82, 2.24) is 9.13 Å². The molecule has 248 valence electrons. The van der Waals surface area contributed by atoms with Crippen LogP contribution in [0.4, 0.5) is 0 Å². The van der Waals surface area contributed by atoms with Crippen molar-refractivity contribution in [3.8, 4) is 33.6 Å². The highest BCUT2D eigenvalue weighted by Crippen LogP contribution is 2.39. The van der Waals surface area contributed by atoms with E-state index < -0.39 is 0 Å². The summed E-state index contributed by atoms with van der Waals surface area (Å²) < 4.78 is 6.65. The molecule has 4 heteroatoms. The van der Waals surface area contributed by atoms with E-state index in [0.29, 0.717) is 0 Å². The molecule has 53 heavy (non-hydrogen) atoms. The molecule has 0 saturated heterocycles. The normalized spacial score (nSPS) is 11.8. The molecule has 11 rings (SSSR count). The van der Waals surface area contributed by atoms with Gasteiger partial charge in [-0.15, -0.1) is 11.3 Å². The predicted molar refractivity (Wildman–Crippen MR) is 225 cm³/mol. The van der Waals surface area contributed by atoms with E-state index in [2.05, 4.69) is 179 Å². The molecule has 0 radical (unpaired) electrons. The van der Waals surface area contributed by atoms with Gasteiger partial charge in [0.05, 0.1) is 22.1 Å². The lowest BCUT2D eigenvalue weighted by Gasteiger charge is -2.11. The van der Waals surface area contributed by atoms with E-state index in [1.165, 1.54) is 27.1 Å². The van der Waals surface area contributed by atoms with Crippen LogP contribution in [0.3, 0.4) is 0 Å². The fraction of sp³-hybridized carbons (Fsp3) is 0. The number of nitrogens with zero attached hydrogens (tertiary/aromatic N) is 2. The van der Waals surface area contributed by atoms with Gasteiger partial charge in [0.15, 0.2) is 5.43 Å². The van der Waals surface area contributed by atoms with Gasteiger partial charge >= 0.3 is 0 Å². The Kier molecular flexibility index (Phi) is 6.57. The second-order valence-electron chi connectivity index (χ2n) is 13.7. The summed E-state index contributed by atoms with van der Waals surface area (Å²) in [7, 11) is 0. The highest BCUT2D eigenvalue weighted by Gasteiger charge is 2.17. The van der Waals surface area contributed by atoms with Gasteiger partial charge in [-0.3, -0.25) is 4.79 Å². The van der Waals surface area contributed by atoms with Crippen LogP contribution in [0.25, 0.3) is 97.4 Å². The first-order valence-electron chi connectivity index (χ1n) is 17.9. The maximum absolute atomic E-state index is 14.5. The number of aromatic nitrogens is 2. The molecule has 0 atom stereocenters. The molecule has 0 amide bonds. The van der Waals surface area contributed by atoms with Gasteiger partial charge in [-0.2, -0.15) is 0 Å². The second-order valence-corrected chi connectivity index (χ2v) is 14.7. The molecule has 0 aliphatic heterocycles. The zero-order valence-electron chi connectivity index (χ0n) is 28.5. The largest absolute Gasteiger partial charge is 0.309 e. The van der Waals surface area contributed by atoms with Crippen LogP contribution in [-0.2, 0) is 0 Å². The molecule has 8 aromatic carbocycles. The van der Waals surface area contributed by atoms with Crippen molar-refractivity contribution in [2.45, 2.75) is 0 Å². The third-order valence-corrected chi connectivity index (χ3v) is 11.8. The Morgan fingerprint density at radius 2 is 0.906 bits per heavy atom. The van der Waals surface area contributed by atoms with Gasteiger partial charge in [0.2, 0.25) is 0 Å². The number of fused-ring (bicyclic) bond motifs is 8. The molecule has 0 spiro atoms. The van der Waals surface area contributed by atoms with Crippen molar-refractivity contribution in [3.05, 3.63) is 192 Å². The van der Waals surface area contributed by atoms with E-state index in [9.17, 15) is 4.79 Å². The number of hydrogen-bond acceptors (Lipinski definition) is 2. The molecule has 11 aromatic rings. The summed E-state index contributed by atoms with van der Waals surface area (Å²) in [5.74, 6) is 0. The third kappa shape index (κ3) is 4.56. The van der Waals surface area contributed by atoms with E-state index in [0.717, 1.165) is 70.4 Å². The van der Waals surface area contributed by atoms with Gasteiger partial charge in [0.25, 0.3) is 0 Å². The Hall–Kier alpha value is -6.75. The average molecular weight is 695 g/mol. The summed E-state index contributed by atoms with van der Waals surface area (Å²) >= 11 is 1.69. The van der Waals surface area contributed by atoms with Gasteiger partial charge in [0, 0.05) is 53.1 Å². The van der Waals surface area contributed by atoms with E-state index in [-0.39, 0.29) is 5.43 Å². The molecule has 0 N–H and O–H groups in total. The molecular formula is C49H30N2OS. The van der Waals surface area contributed by atoms with Crippen molar-refractivity contribution < 1.29 is 0 Å². The summed E-state index contributed by atoms with van der Waals surface area (Å²) in [6, 6.07) is 64.1. The average Bonchev–Trinajstić information content (AvgIpc) is 3.73. The van der Waals surface area contributed by atoms with Crippen molar-refractivity contribution >= 4 is 75.1 Å². The molecule has 3 aromatic heterocycles. The fourth-order valence-electron chi connectivity index (χ4n) is 8.32. The standard InChI is InChI=1S/C49H30N2OS/c52-49-40-26-23-32(31-22-25-39-37-16-7-9-19-42(37)51(45(39)29-31)35-14-5-2-6-15-35)30-47(40)53-46-21-11-18-36(48(46)49)33-24-27-44-41(28-33)38-17-8-10-20-43(38)50(44)34-12-3-1-4-13-34/h1-30H. The predicted octanol–water partition coefficient (Wildman–Crippen LogP) is 12.9. The van der Waals surface area contributed by atoms with Crippen molar-refractivity contribution in [3.63, 3.8) is 0 Å². The first kappa shape index (κ1) is 29.9. The number of benzene rings is 8. The summed E-state index contributed by atoms with van der Waals surface area (Å²) in [6.07, 6.45) is 0. The number of rotatable bonds is 4. The number of hydrogen-bond donors (Lipinski definition) is 0. The van der Waals surface area contributed by atoms with Crippen LogP contribution in [0.2, 0.25) is 0 Å². The summed E-state index contributed by atoms with van der Waals surface area (Å²) in [5, 5.41) is 6.35. The molecule has 0 aliphatic carbocycles. The van der Waals surface area contributed by atoms with Crippen molar-refractivity contribution in [2.75, 3.05) is 0 Å². The van der Waals surface area contributed by atoms with E-state index in [1.807, 2.05) is 12.1 Å². The summed E-state index contributed by atoms with van der Waals surface area (Å²) in [4.78, 5) is 14.5. The van der Waals surface area contributed by atoms with Gasteiger partial charge in [0.1, 0.15) is 0 Å².